The lowest BCUT2D eigenvalue weighted by atomic mass is 10.1. The van der Waals surface area contributed by atoms with Gasteiger partial charge in [-0.15, -0.1) is 0 Å². The average molecular weight is 221 g/mol. The van der Waals surface area contributed by atoms with Crippen LogP contribution >= 0.6 is 11.6 Å². The Hall–Kier alpha value is -1.03. The molecule has 5 heteroatoms. The molecule has 1 atom stereocenters. The van der Waals surface area contributed by atoms with Crippen LogP contribution in [-0.4, -0.2) is 12.6 Å². The second-order valence-electron chi connectivity index (χ2n) is 2.83. The first-order valence-corrected chi connectivity index (χ1v) is 4.48. The molecule has 0 aliphatic rings. The molecule has 1 aromatic heterocycles. The van der Waals surface area contributed by atoms with Crippen molar-refractivity contribution in [3.05, 3.63) is 23.1 Å². The van der Waals surface area contributed by atoms with Crippen LogP contribution in [0.4, 0.5) is 4.39 Å². The lowest BCUT2D eigenvalue weighted by Crippen LogP contribution is -2.29. The highest BCUT2D eigenvalue weighted by Crippen LogP contribution is 2.30. The van der Waals surface area contributed by atoms with Crippen molar-refractivity contribution in [2.45, 2.75) is 19.5 Å². The fraction of sp³-hybridized carbons (Fsp3) is 0.444. The monoisotopic (exact) mass is 220 g/mol. The molecule has 0 aliphatic heterocycles. The summed E-state index contributed by atoms with van der Waals surface area (Å²) >= 11 is 5.46. The van der Waals surface area contributed by atoms with Gasteiger partial charge in [-0.25, -0.2) is 9.18 Å². The first-order chi connectivity index (χ1) is 6.48. The predicted molar refractivity (Wildman–Crippen MR) is 48.8 cm³/mol. The van der Waals surface area contributed by atoms with Crippen LogP contribution in [0.3, 0.4) is 0 Å². The number of esters is 1. The fourth-order valence-corrected chi connectivity index (χ4v) is 1.08. The molecule has 1 rings (SSSR count). The number of ether oxygens (including phenoxy) is 1. The third-order valence-electron chi connectivity index (χ3n) is 1.69. The summed E-state index contributed by atoms with van der Waals surface area (Å²) in [7, 11) is 0. The van der Waals surface area contributed by atoms with E-state index in [1.165, 1.54) is 12.1 Å². The quantitative estimate of drug-likeness (QED) is 0.736. The van der Waals surface area contributed by atoms with Gasteiger partial charge in [0.2, 0.25) is 0 Å². The SMILES string of the molecule is CCOC(=O)C(C)(F)c1ccc(Cl)o1. The van der Waals surface area contributed by atoms with Gasteiger partial charge >= 0.3 is 5.97 Å². The smallest absolute Gasteiger partial charge is 0.351 e. The minimum Gasteiger partial charge on any atom is -0.463 e. The zero-order valence-electron chi connectivity index (χ0n) is 7.84. The van der Waals surface area contributed by atoms with Crippen LogP contribution < -0.4 is 0 Å². The Morgan fingerprint density at radius 2 is 2.36 bits per heavy atom. The molecule has 1 heterocycles. The van der Waals surface area contributed by atoms with Crippen molar-refractivity contribution < 1.29 is 18.3 Å². The van der Waals surface area contributed by atoms with Gasteiger partial charge in [0.1, 0.15) is 0 Å². The summed E-state index contributed by atoms with van der Waals surface area (Å²) in [6.07, 6.45) is 0. The van der Waals surface area contributed by atoms with Gasteiger partial charge in [0.15, 0.2) is 11.0 Å². The number of hydrogen-bond acceptors (Lipinski definition) is 3. The maximum absolute atomic E-state index is 13.8. The minimum atomic E-state index is -2.29. The molecule has 1 unspecified atom stereocenters. The minimum absolute atomic E-state index is 0.0353. The Morgan fingerprint density at radius 3 is 2.79 bits per heavy atom. The van der Waals surface area contributed by atoms with Crippen LogP contribution in [0.5, 0.6) is 0 Å². The molecule has 0 spiro atoms. The van der Waals surface area contributed by atoms with E-state index in [1.807, 2.05) is 0 Å². The number of halogens is 2. The molecule has 0 N–H and O–H groups in total. The van der Waals surface area contributed by atoms with E-state index >= 15 is 0 Å². The van der Waals surface area contributed by atoms with E-state index in [0.717, 1.165) is 6.92 Å². The molecule has 0 aliphatic carbocycles. The molecule has 0 saturated carbocycles. The third-order valence-corrected chi connectivity index (χ3v) is 1.90. The first kappa shape index (κ1) is 11.0. The zero-order valence-corrected chi connectivity index (χ0v) is 8.60. The summed E-state index contributed by atoms with van der Waals surface area (Å²) in [4.78, 5) is 11.2. The van der Waals surface area contributed by atoms with Crippen molar-refractivity contribution in [2.24, 2.45) is 0 Å². The molecule has 0 amide bonds. The van der Waals surface area contributed by atoms with Crippen LogP contribution in [0.25, 0.3) is 0 Å². The Balaban J connectivity index is 2.89. The van der Waals surface area contributed by atoms with E-state index < -0.39 is 11.6 Å². The highest BCUT2D eigenvalue weighted by molar-refractivity contribution is 6.28. The Kier molecular flexibility index (Phi) is 3.16. The molecule has 14 heavy (non-hydrogen) atoms. The Bertz CT molecular complexity index is 333. The molecule has 0 aromatic carbocycles. The maximum atomic E-state index is 13.8. The number of furan rings is 1. The summed E-state index contributed by atoms with van der Waals surface area (Å²) in [5, 5.41) is 0.0353. The van der Waals surface area contributed by atoms with Crippen molar-refractivity contribution in [2.75, 3.05) is 6.61 Å². The van der Waals surface area contributed by atoms with E-state index in [9.17, 15) is 9.18 Å². The average Bonchev–Trinajstić information content (AvgIpc) is 2.52. The highest BCUT2D eigenvalue weighted by atomic mass is 35.5. The van der Waals surface area contributed by atoms with Crippen molar-refractivity contribution in [1.29, 1.82) is 0 Å². The summed E-state index contributed by atoms with van der Waals surface area (Å²) in [5.74, 6) is -1.13. The number of carbonyl (C=O) groups excluding carboxylic acids is 1. The van der Waals surface area contributed by atoms with Gasteiger partial charge in [-0.2, -0.15) is 0 Å². The van der Waals surface area contributed by atoms with E-state index in [1.54, 1.807) is 6.92 Å². The Morgan fingerprint density at radius 1 is 1.71 bits per heavy atom. The van der Waals surface area contributed by atoms with Crippen molar-refractivity contribution >= 4 is 17.6 Å². The van der Waals surface area contributed by atoms with Gasteiger partial charge in [0.05, 0.1) is 6.61 Å². The number of carbonyl (C=O) groups is 1. The molecule has 0 fully saturated rings. The lowest BCUT2D eigenvalue weighted by molar-refractivity contribution is -0.158. The summed E-state index contributed by atoms with van der Waals surface area (Å²) in [5.41, 5.74) is -2.29. The molecule has 1 aromatic rings. The number of alkyl halides is 1. The van der Waals surface area contributed by atoms with Gasteiger partial charge < -0.3 is 9.15 Å². The van der Waals surface area contributed by atoms with Gasteiger partial charge in [-0.3, -0.25) is 0 Å². The van der Waals surface area contributed by atoms with Gasteiger partial charge in [-0.05, 0) is 37.6 Å². The van der Waals surface area contributed by atoms with E-state index in [2.05, 4.69) is 4.74 Å². The highest BCUT2D eigenvalue weighted by Gasteiger charge is 2.40. The van der Waals surface area contributed by atoms with Gasteiger partial charge in [0.25, 0.3) is 5.67 Å². The van der Waals surface area contributed by atoms with Crippen molar-refractivity contribution in [3.63, 3.8) is 0 Å². The summed E-state index contributed by atoms with van der Waals surface area (Å²) < 4.78 is 23.1. The van der Waals surface area contributed by atoms with Crippen molar-refractivity contribution in [1.82, 2.24) is 0 Å². The topological polar surface area (TPSA) is 39.4 Å². The van der Waals surface area contributed by atoms with Crippen LogP contribution in [-0.2, 0) is 15.2 Å². The van der Waals surface area contributed by atoms with Crippen LogP contribution in [0.2, 0.25) is 5.22 Å². The maximum Gasteiger partial charge on any atom is 0.351 e. The molecule has 78 valence electrons. The van der Waals surface area contributed by atoms with Crippen LogP contribution in [0.15, 0.2) is 16.5 Å². The molecule has 3 nitrogen and oxygen atoms in total. The molecule has 0 saturated heterocycles. The van der Waals surface area contributed by atoms with Crippen LogP contribution in [0, 0.1) is 0 Å². The van der Waals surface area contributed by atoms with Crippen molar-refractivity contribution in [3.8, 4) is 0 Å². The summed E-state index contributed by atoms with van der Waals surface area (Å²) in [6, 6.07) is 2.67. The second kappa shape index (κ2) is 4.00. The molecule has 0 radical (unpaired) electrons. The molecule has 0 bridgehead atoms. The largest absolute Gasteiger partial charge is 0.463 e. The van der Waals surface area contributed by atoms with E-state index in [-0.39, 0.29) is 17.6 Å². The van der Waals surface area contributed by atoms with Gasteiger partial charge in [-0.1, -0.05) is 0 Å². The number of rotatable bonds is 3. The predicted octanol–water partition coefficient (Wildman–Crippen LogP) is 2.68. The van der Waals surface area contributed by atoms with E-state index in [0.29, 0.717) is 0 Å². The zero-order chi connectivity index (χ0) is 10.8. The molecular formula is C9H10ClFO3. The summed E-state index contributed by atoms with van der Waals surface area (Å²) in [6.45, 7) is 2.79. The molecular weight excluding hydrogens is 211 g/mol. The number of hydrogen-bond donors (Lipinski definition) is 0. The van der Waals surface area contributed by atoms with Crippen LogP contribution in [0.1, 0.15) is 19.6 Å². The van der Waals surface area contributed by atoms with E-state index in [4.69, 9.17) is 16.0 Å². The lowest BCUT2D eigenvalue weighted by Gasteiger charge is -2.15. The fourth-order valence-electron chi connectivity index (χ4n) is 0.934. The standard InChI is InChI=1S/C9H10ClFO3/c1-3-13-8(12)9(2,11)6-4-5-7(10)14-6/h4-5H,3H2,1-2H3. The van der Waals surface area contributed by atoms with Gasteiger partial charge in [0, 0.05) is 0 Å². The Labute approximate surface area is 85.8 Å². The second-order valence-corrected chi connectivity index (χ2v) is 3.20. The third kappa shape index (κ3) is 2.07. The first-order valence-electron chi connectivity index (χ1n) is 4.10. The normalized spacial score (nSPS) is 14.9.